The van der Waals surface area contributed by atoms with Gasteiger partial charge in [-0.2, -0.15) is 0 Å². The van der Waals surface area contributed by atoms with Gasteiger partial charge < -0.3 is 25.7 Å². The molecule has 9 heteroatoms. The Morgan fingerprint density at radius 3 is 2.63 bits per heavy atom. The van der Waals surface area contributed by atoms with Crippen LogP contribution < -0.4 is 16.1 Å². The third-order valence-corrected chi connectivity index (χ3v) is 5.72. The Kier molecular flexibility index (Phi) is 5.40. The summed E-state index contributed by atoms with van der Waals surface area (Å²) in [4.78, 5) is 20.6. The molecule has 160 valence electrons. The number of piperazine rings is 1. The van der Waals surface area contributed by atoms with Crippen LogP contribution in [0.25, 0.3) is 11.3 Å². The van der Waals surface area contributed by atoms with Crippen molar-refractivity contribution < 1.29 is 9.53 Å². The van der Waals surface area contributed by atoms with E-state index in [0.29, 0.717) is 25.6 Å². The molecule has 2 aliphatic rings. The molecule has 1 fully saturated rings. The molecule has 0 radical (unpaired) electrons. The van der Waals surface area contributed by atoms with Crippen molar-refractivity contribution in [3.63, 3.8) is 0 Å². The van der Waals surface area contributed by atoms with Gasteiger partial charge in [0.1, 0.15) is 23.8 Å². The van der Waals surface area contributed by atoms with Gasteiger partial charge in [-0.15, -0.1) is 0 Å². The van der Waals surface area contributed by atoms with E-state index in [2.05, 4.69) is 61.6 Å². The molecule has 2 aliphatic heterocycles. The molecule has 1 aromatic carbocycles. The normalized spacial score (nSPS) is 16.6. The number of carbonyl (C=O) groups is 1. The minimum absolute atomic E-state index is 0.245. The molecule has 2 aromatic rings. The zero-order chi connectivity index (χ0) is 21.5. The van der Waals surface area contributed by atoms with E-state index < -0.39 is 5.60 Å². The molecule has 0 atom stereocenters. The largest absolute Gasteiger partial charge is 0.444 e. The number of ether oxygens (including phenoxy) is 1. The number of benzene rings is 1. The van der Waals surface area contributed by atoms with Crippen molar-refractivity contribution in [2.45, 2.75) is 26.4 Å². The number of anilines is 1. The highest BCUT2D eigenvalue weighted by Gasteiger charge is 2.26. The Hall–Kier alpha value is -2.68. The summed E-state index contributed by atoms with van der Waals surface area (Å²) < 4.78 is 8.38. The molecule has 0 aliphatic carbocycles. The molecular weight excluding hydrogens is 448 g/mol. The Morgan fingerprint density at radius 2 is 1.93 bits per heavy atom. The Bertz CT molecular complexity index is 986. The predicted molar refractivity (Wildman–Crippen MR) is 123 cm³/mol. The number of halogens is 1. The summed E-state index contributed by atoms with van der Waals surface area (Å²) in [5.41, 5.74) is 12.9. The summed E-state index contributed by atoms with van der Waals surface area (Å²) in [6.07, 6.45) is -0.245. The minimum Gasteiger partial charge on any atom is -0.444 e. The highest BCUT2D eigenvalue weighted by molar-refractivity contribution is 9.10. The number of nitrogens with one attached hydrogen (secondary N) is 1. The van der Waals surface area contributed by atoms with Crippen LogP contribution in [0.15, 0.2) is 39.8 Å². The fourth-order valence-corrected chi connectivity index (χ4v) is 4.29. The van der Waals surface area contributed by atoms with Crippen LogP contribution >= 0.6 is 15.9 Å². The lowest BCUT2D eigenvalue weighted by atomic mass is 10.1. The van der Waals surface area contributed by atoms with E-state index in [9.17, 15) is 4.79 Å². The molecular formula is C21H27BrN6O2. The first-order valence-electron chi connectivity index (χ1n) is 10.0. The SMILES string of the molecule is CC(C)(C)OC(=O)N1CCN(c2cccc(-c3cc(Br)c4n3NCN=C4N)c2)CC1. The van der Waals surface area contributed by atoms with Crippen LogP contribution in [-0.2, 0) is 4.74 Å². The highest BCUT2D eigenvalue weighted by Crippen LogP contribution is 2.32. The lowest BCUT2D eigenvalue weighted by Gasteiger charge is -2.36. The number of aromatic nitrogens is 1. The zero-order valence-corrected chi connectivity index (χ0v) is 19.1. The third-order valence-electron chi connectivity index (χ3n) is 5.11. The van der Waals surface area contributed by atoms with E-state index in [-0.39, 0.29) is 6.09 Å². The number of nitrogens with zero attached hydrogens (tertiary/aromatic N) is 4. The van der Waals surface area contributed by atoms with Crippen LogP contribution in [0, 0.1) is 0 Å². The Labute approximate surface area is 184 Å². The van der Waals surface area contributed by atoms with Crippen molar-refractivity contribution in [1.29, 1.82) is 0 Å². The van der Waals surface area contributed by atoms with Crippen LogP contribution in [-0.4, -0.2) is 60.0 Å². The van der Waals surface area contributed by atoms with Gasteiger partial charge in [0.15, 0.2) is 0 Å². The summed E-state index contributed by atoms with van der Waals surface area (Å²) in [5.74, 6) is 0.515. The number of hydrogen-bond acceptors (Lipinski definition) is 6. The average Bonchev–Trinajstić information content (AvgIpc) is 3.05. The van der Waals surface area contributed by atoms with Crippen molar-refractivity contribution in [1.82, 2.24) is 9.58 Å². The fraction of sp³-hybridized carbons (Fsp3) is 0.429. The molecule has 3 N–H and O–H groups in total. The van der Waals surface area contributed by atoms with Crippen molar-refractivity contribution >= 4 is 33.5 Å². The maximum atomic E-state index is 12.3. The number of nitrogens with two attached hydrogens (primary N) is 1. The first-order chi connectivity index (χ1) is 14.2. The maximum Gasteiger partial charge on any atom is 0.410 e. The number of amides is 1. The minimum atomic E-state index is -0.477. The summed E-state index contributed by atoms with van der Waals surface area (Å²) in [7, 11) is 0. The topological polar surface area (TPSA) is 88.1 Å². The van der Waals surface area contributed by atoms with Gasteiger partial charge in [-0.25, -0.2) is 9.79 Å². The van der Waals surface area contributed by atoms with E-state index in [1.54, 1.807) is 4.90 Å². The van der Waals surface area contributed by atoms with Gasteiger partial charge in [-0.1, -0.05) is 12.1 Å². The summed E-state index contributed by atoms with van der Waals surface area (Å²) in [6, 6.07) is 10.5. The summed E-state index contributed by atoms with van der Waals surface area (Å²) in [6.45, 7) is 8.91. The van der Waals surface area contributed by atoms with Gasteiger partial charge in [-0.05, 0) is 54.9 Å². The molecule has 0 spiro atoms. The quantitative estimate of drug-likeness (QED) is 0.697. The van der Waals surface area contributed by atoms with Crippen LogP contribution in [0.4, 0.5) is 10.5 Å². The van der Waals surface area contributed by atoms with Gasteiger partial charge >= 0.3 is 6.09 Å². The molecule has 8 nitrogen and oxygen atoms in total. The molecule has 0 saturated carbocycles. The molecule has 30 heavy (non-hydrogen) atoms. The highest BCUT2D eigenvalue weighted by atomic mass is 79.9. The Balaban J connectivity index is 1.50. The zero-order valence-electron chi connectivity index (χ0n) is 17.5. The van der Waals surface area contributed by atoms with Gasteiger partial charge in [0.2, 0.25) is 0 Å². The second-order valence-electron chi connectivity index (χ2n) is 8.43. The average molecular weight is 475 g/mol. The summed E-state index contributed by atoms with van der Waals surface area (Å²) >= 11 is 3.60. The number of fused-ring (bicyclic) bond motifs is 1. The number of amidine groups is 1. The van der Waals surface area contributed by atoms with Gasteiger partial charge in [0.25, 0.3) is 0 Å². The second-order valence-corrected chi connectivity index (χ2v) is 9.28. The van der Waals surface area contributed by atoms with E-state index in [1.165, 1.54) is 0 Å². The van der Waals surface area contributed by atoms with Crippen molar-refractivity contribution in [3.8, 4) is 11.3 Å². The van der Waals surface area contributed by atoms with Gasteiger partial charge in [-0.3, -0.25) is 4.68 Å². The van der Waals surface area contributed by atoms with Crippen LogP contribution in [0.3, 0.4) is 0 Å². The predicted octanol–water partition coefficient (Wildman–Crippen LogP) is 3.19. The van der Waals surface area contributed by atoms with Crippen LogP contribution in [0.5, 0.6) is 0 Å². The number of rotatable bonds is 2. The van der Waals surface area contributed by atoms with E-state index in [0.717, 1.165) is 40.2 Å². The molecule has 0 unspecified atom stereocenters. The van der Waals surface area contributed by atoms with Crippen molar-refractivity contribution in [2.75, 3.05) is 43.2 Å². The number of carbonyl (C=O) groups excluding carboxylic acids is 1. The standard InChI is InChI=1S/C21H27BrN6O2/c1-21(2,3)30-20(29)27-9-7-26(8-10-27)15-6-4-5-14(11-15)17-12-16(22)18-19(23)24-13-25-28(17)18/h4-6,11-12,25H,7-10,13H2,1-3H3,(H2,23,24). The number of hydrogen-bond donors (Lipinski definition) is 2. The molecule has 1 saturated heterocycles. The van der Waals surface area contributed by atoms with E-state index in [4.69, 9.17) is 10.5 Å². The monoisotopic (exact) mass is 474 g/mol. The van der Waals surface area contributed by atoms with Crippen LogP contribution in [0.1, 0.15) is 26.5 Å². The van der Waals surface area contributed by atoms with Crippen molar-refractivity contribution in [2.24, 2.45) is 10.7 Å². The third kappa shape index (κ3) is 4.12. The molecule has 1 aromatic heterocycles. The second kappa shape index (κ2) is 7.86. The lowest BCUT2D eigenvalue weighted by molar-refractivity contribution is 0.0240. The smallest absolute Gasteiger partial charge is 0.410 e. The van der Waals surface area contributed by atoms with E-state index >= 15 is 0 Å². The first-order valence-corrected chi connectivity index (χ1v) is 10.8. The summed E-state index contributed by atoms with van der Waals surface area (Å²) in [5, 5.41) is 0. The Morgan fingerprint density at radius 1 is 1.20 bits per heavy atom. The molecule has 4 rings (SSSR count). The first kappa shape index (κ1) is 20.6. The van der Waals surface area contributed by atoms with Gasteiger partial charge in [0.05, 0.1) is 5.69 Å². The van der Waals surface area contributed by atoms with E-state index in [1.807, 2.05) is 25.4 Å². The number of aliphatic imine (C=N–C) groups is 1. The molecule has 0 bridgehead atoms. The van der Waals surface area contributed by atoms with Gasteiger partial charge in [0, 0.05) is 41.9 Å². The fourth-order valence-electron chi connectivity index (χ4n) is 3.70. The molecule has 3 heterocycles. The molecule has 1 amide bonds. The maximum absolute atomic E-state index is 12.3. The van der Waals surface area contributed by atoms with Crippen molar-refractivity contribution in [3.05, 3.63) is 40.5 Å². The van der Waals surface area contributed by atoms with Crippen LogP contribution in [0.2, 0.25) is 0 Å². The lowest BCUT2D eigenvalue weighted by Crippen LogP contribution is -2.50.